The Morgan fingerprint density at radius 2 is 1.60 bits per heavy atom. The molecule has 0 spiro atoms. The number of sulfone groups is 1. The van der Waals surface area contributed by atoms with Crippen LogP contribution in [0.2, 0.25) is 0 Å². The summed E-state index contributed by atoms with van der Waals surface area (Å²) >= 11 is 0. The molecule has 240 valence electrons. The van der Waals surface area contributed by atoms with Gasteiger partial charge < -0.3 is 19.8 Å². The maximum atomic E-state index is 14.0. The maximum Gasteiger partial charge on any atom is 0.317 e. The van der Waals surface area contributed by atoms with Crippen LogP contribution in [0, 0.1) is 5.41 Å². The van der Waals surface area contributed by atoms with Gasteiger partial charge in [-0.25, -0.2) is 8.42 Å². The molecular formula is C34H52N2O6S. The first-order valence-electron chi connectivity index (χ1n) is 15.8. The number of benzene rings is 2. The topological polar surface area (TPSA) is 107 Å². The normalized spacial score (nSPS) is 19.0. The van der Waals surface area contributed by atoms with Gasteiger partial charge in [-0.2, -0.15) is 0 Å². The Kier molecular flexibility index (Phi) is 12.9. The molecule has 1 aliphatic rings. The Labute approximate surface area is 259 Å². The number of aliphatic hydroxyl groups is 1. The number of fused-ring (bicyclic) bond motifs is 1. The lowest BCUT2D eigenvalue weighted by molar-refractivity contribution is -0.138. The van der Waals surface area contributed by atoms with E-state index in [0.29, 0.717) is 29.9 Å². The van der Waals surface area contributed by atoms with Gasteiger partial charge in [0, 0.05) is 31.1 Å². The number of carbonyl (C=O) groups is 1. The summed E-state index contributed by atoms with van der Waals surface area (Å²) < 4.78 is 34.0. The zero-order valence-corrected chi connectivity index (χ0v) is 27.5. The predicted octanol–water partition coefficient (Wildman–Crippen LogP) is 5.97. The van der Waals surface area contributed by atoms with Crippen LogP contribution in [0.25, 0.3) is 0 Å². The van der Waals surface area contributed by atoms with Gasteiger partial charge in [0.05, 0.1) is 29.9 Å². The van der Waals surface area contributed by atoms with Crippen molar-refractivity contribution in [2.75, 3.05) is 51.5 Å². The fraction of sp³-hybridized carbons (Fsp3) is 0.618. The number of likely N-dealkylation sites (N-methyl/N-ethyl adjacent to an activating group) is 1. The molecular weight excluding hydrogens is 564 g/mol. The molecule has 0 radical (unpaired) electrons. The zero-order chi connectivity index (χ0) is 31.6. The number of unbranched alkanes of at least 4 members (excludes halogenated alkanes) is 4. The molecule has 0 bridgehead atoms. The minimum Gasteiger partial charge on any atom is -0.494 e. The van der Waals surface area contributed by atoms with Crippen molar-refractivity contribution in [3.63, 3.8) is 0 Å². The highest BCUT2D eigenvalue weighted by atomic mass is 32.2. The molecule has 0 unspecified atom stereocenters. The largest absolute Gasteiger partial charge is 0.494 e. The molecule has 2 N–H and O–H groups in total. The van der Waals surface area contributed by atoms with Crippen LogP contribution >= 0.6 is 0 Å². The SMILES string of the molecule is CCCCC1(CCCC)CS(=O)(=O)c2ccc(N(C)C)cc2[C@@H](c2ccc(OCCCCCN(C)CC(=O)O)cc2)[C@H]1O. The highest BCUT2D eigenvalue weighted by molar-refractivity contribution is 7.91. The number of aliphatic hydroxyl groups excluding tert-OH is 1. The van der Waals surface area contributed by atoms with Gasteiger partial charge in [0.1, 0.15) is 5.75 Å². The third kappa shape index (κ3) is 9.19. The van der Waals surface area contributed by atoms with Gasteiger partial charge in [0.15, 0.2) is 9.84 Å². The Balaban J connectivity index is 1.88. The minimum absolute atomic E-state index is 0.0424. The van der Waals surface area contributed by atoms with Crippen molar-refractivity contribution in [3.8, 4) is 5.75 Å². The van der Waals surface area contributed by atoms with Gasteiger partial charge in [-0.3, -0.25) is 9.69 Å². The van der Waals surface area contributed by atoms with Crippen LogP contribution in [0.4, 0.5) is 5.69 Å². The standard InChI is InChI=1S/C34H52N2O6S/c1-6-8-19-34(20-9-7-2)25-43(40,41)30-18-15-27(35(3)4)23-29(30)32(33(34)39)26-13-16-28(17-14-26)42-22-12-10-11-21-36(5)24-31(37)38/h13-18,23,32-33,39H,6-12,19-22,24-25H2,1-5H3,(H,37,38)/t32-,33-/m1/s1. The van der Waals surface area contributed by atoms with Gasteiger partial charge in [0.25, 0.3) is 0 Å². The summed E-state index contributed by atoms with van der Waals surface area (Å²) in [7, 11) is 2.04. The maximum absolute atomic E-state index is 14.0. The molecule has 0 fully saturated rings. The fourth-order valence-electron chi connectivity index (χ4n) is 6.32. The van der Waals surface area contributed by atoms with E-state index in [2.05, 4.69) is 13.8 Å². The quantitative estimate of drug-likeness (QED) is 0.210. The number of carboxylic acid groups (broad SMARTS) is 1. The van der Waals surface area contributed by atoms with Crippen molar-refractivity contribution in [2.24, 2.45) is 5.41 Å². The summed E-state index contributed by atoms with van der Waals surface area (Å²) in [5.74, 6) is -0.619. The Morgan fingerprint density at radius 3 is 2.19 bits per heavy atom. The summed E-state index contributed by atoms with van der Waals surface area (Å²) in [5, 5.41) is 21.2. The second-order valence-electron chi connectivity index (χ2n) is 12.5. The van der Waals surface area contributed by atoms with Crippen LogP contribution in [0.3, 0.4) is 0 Å². The van der Waals surface area contributed by atoms with Gasteiger partial charge in [-0.15, -0.1) is 0 Å². The van der Waals surface area contributed by atoms with E-state index in [1.54, 1.807) is 11.0 Å². The number of aliphatic carboxylic acids is 1. The highest BCUT2D eigenvalue weighted by Crippen LogP contribution is 2.50. The molecule has 0 saturated carbocycles. The van der Waals surface area contributed by atoms with E-state index in [0.717, 1.165) is 68.5 Å². The third-order valence-electron chi connectivity index (χ3n) is 8.75. The van der Waals surface area contributed by atoms with Crippen LogP contribution in [0.15, 0.2) is 47.4 Å². The van der Waals surface area contributed by atoms with Crippen molar-refractivity contribution in [2.45, 2.75) is 88.6 Å². The highest BCUT2D eigenvalue weighted by Gasteiger charge is 2.49. The first kappa shape index (κ1) is 34.9. The van der Waals surface area contributed by atoms with Crippen molar-refractivity contribution >= 4 is 21.5 Å². The van der Waals surface area contributed by atoms with E-state index >= 15 is 0 Å². The molecule has 2 aromatic carbocycles. The molecule has 1 aliphatic heterocycles. The lowest BCUT2D eigenvalue weighted by Crippen LogP contribution is -2.43. The van der Waals surface area contributed by atoms with Gasteiger partial charge in [0.2, 0.25) is 0 Å². The molecule has 0 saturated heterocycles. The van der Waals surface area contributed by atoms with Crippen molar-refractivity contribution < 1.29 is 28.2 Å². The molecule has 43 heavy (non-hydrogen) atoms. The fourth-order valence-corrected chi connectivity index (χ4v) is 8.51. The third-order valence-corrected chi connectivity index (χ3v) is 10.8. The average molecular weight is 617 g/mol. The first-order valence-corrected chi connectivity index (χ1v) is 17.4. The van der Waals surface area contributed by atoms with Crippen LogP contribution in [0.1, 0.15) is 88.7 Å². The number of hydrogen-bond acceptors (Lipinski definition) is 7. The smallest absolute Gasteiger partial charge is 0.317 e. The Morgan fingerprint density at radius 1 is 0.953 bits per heavy atom. The lowest BCUT2D eigenvalue weighted by atomic mass is 9.68. The second kappa shape index (κ2) is 15.9. The lowest BCUT2D eigenvalue weighted by Gasteiger charge is -2.40. The van der Waals surface area contributed by atoms with Crippen molar-refractivity contribution in [3.05, 3.63) is 53.6 Å². The van der Waals surface area contributed by atoms with Crippen LogP contribution in [-0.4, -0.2) is 82.2 Å². The molecule has 0 aromatic heterocycles. The van der Waals surface area contributed by atoms with E-state index in [9.17, 15) is 18.3 Å². The van der Waals surface area contributed by atoms with Gasteiger partial charge in [-0.05, 0) is 87.2 Å². The van der Waals surface area contributed by atoms with Crippen LogP contribution < -0.4 is 9.64 Å². The van der Waals surface area contributed by atoms with E-state index in [4.69, 9.17) is 9.84 Å². The summed E-state index contributed by atoms with van der Waals surface area (Å²) in [5.41, 5.74) is 1.71. The Bertz CT molecular complexity index is 1270. The molecule has 2 aromatic rings. The summed E-state index contributed by atoms with van der Waals surface area (Å²) in [6, 6.07) is 13.3. The average Bonchev–Trinajstić information content (AvgIpc) is 3.03. The van der Waals surface area contributed by atoms with E-state index in [1.807, 2.05) is 62.4 Å². The molecule has 3 rings (SSSR count). The zero-order valence-electron chi connectivity index (χ0n) is 26.7. The Hall–Kier alpha value is -2.62. The van der Waals surface area contributed by atoms with Crippen molar-refractivity contribution in [1.29, 1.82) is 0 Å². The molecule has 9 heteroatoms. The second-order valence-corrected chi connectivity index (χ2v) is 14.4. The van der Waals surface area contributed by atoms with Crippen LogP contribution in [0.5, 0.6) is 5.75 Å². The molecule has 0 aliphatic carbocycles. The van der Waals surface area contributed by atoms with E-state index in [1.165, 1.54) is 0 Å². The van der Waals surface area contributed by atoms with E-state index in [-0.39, 0.29) is 12.3 Å². The summed E-state index contributed by atoms with van der Waals surface area (Å²) in [4.78, 5) is 14.9. The summed E-state index contributed by atoms with van der Waals surface area (Å²) in [6.45, 7) is 5.55. The number of ether oxygens (including phenoxy) is 1. The number of anilines is 1. The number of carboxylic acids is 1. The van der Waals surface area contributed by atoms with Gasteiger partial charge in [-0.1, -0.05) is 51.7 Å². The van der Waals surface area contributed by atoms with Crippen molar-refractivity contribution in [1.82, 2.24) is 4.90 Å². The number of rotatable bonds is 17. The number of hydrogen-bond donors (Lipinski definition) is 2. The van der Waals surface area contributed by atoms with Gasteiger partial charge >= 0.3 is 5.97 Å². The molecule has 8 nitrogen and oxygen atoms in total. The van der Waals surface area contributed by atoms with E-state index < -0.39 is 33.2 Å². The number of nitrogens with zero attached hydrogens (tertiary/aromatic N) is 2. The molecule has 2 atom stereocenters. The van der Waals surface area contributed by atoms with Crippen LogP contribution in [-0.2, 0) is 14.6 Å². The first-order chi connectivity index (χ1) is 20.4. The summed E-state index contributed by atoms with van der Waals surface area (Å²) in [6.07, 6.45) is 6.79. The minimum atomic E-state index is -3.64. The molecule has 1 heterocycles. The predicted molar refractivity (Wildman–Crippen MR) is 173 cm³/mol. The monoisotopic (exact) mass is 616 g/mol. The molecule has 0 amide bonds.